The molecule has 1 atom stereocenters. The molecule has 2 aromatic rings. The first-order valence-corrected chi connectivity index (χ1v) is 9.76. The number of fused-ring (bicyclic) bond motifs is 1. The van der Waals surface area contributed by atoms with Crippen LogP contribution in [0.5, 0.6) is 11.5 Å². The molecule has 27 heavy (non-hydrogen) atoms. The lowest BCUT2D eigenvalue weighted by molar-refractivity contribution is -0.145. The Morgan fingerprint density at radius 2 is 1.74 bits per heavy atom. The Labute approximate surface area is 161 Å². The average molecular weight is 384 g/mol. The van der Waals surface area contributed by atoms with Crippen LogP contribution < -0.4 is 9.47 Å². The van der Waals surface area contributed by atoms with Crippen LogP contribution in [0.1, 0.15) is 4.88 Å². The molecule has 0 aliphatic carbocycles. The van der Waals surface area contributed by atoms with Crippen molar-refractivity contribution < 1.29 is 19.1 Å². The van der Waals surface area contributed by atoms with Crippen LogP contribution in [-0.4, -0.2) is 60.5 Å². The van der Waals surface area contributed by atoms with Crippen molar-refractivity contribution in [2.24, 2.45) is 0 Å². The maximum Gasteiger partial charge on any atom is 0.267 e. The molecule has 1 unspecified atom stereocenters. The van der Waals surface area contributed by atoms with Gasteiger partial charge in [0.05, 0.1) is 0 Å². The highest BCUT2D eigenvalue weighted by molar-refractivity contribution is 7.10. The summed E-state index contributed by atoms with van der Waals surface area (Å²) in [6.07, 6.45) is 2.79. The predicted octanol–water partition coefficient (Wildman–Crippen LogP) is 2.27. The normalized spacial score (nSPS) is 19.3. The van der Waals surface area contributed by atoms with Gasteiger partial charge in [-0.25, -0.2) is 0 Å². The monoisotopic (exact) mass is 384 g/mol. The third-order valence-electron chi connectivity index (χ3n) is 4.62. The molecule has 1 fully saturated rings. The second-order valence-electron chi connectivity index (χ2n) is 6.36. The van der Waals surface area contributed by atoms with Gasteiger partial charge in [-0.15, -0.1) is 11.3 Å². The molecule has 0 N–H and O–H groups in total. The van der Waals surface area contributed by atoms with E-state index in [1.807, 2.05) is 41.8 Å². The maximum atomic E-state index is 12.7. The van der Waals surface area contributed by atoms with Gasteiger partial charge in [0, 0.05) is 37.1 Å². The topological polar surface area (TPSA) is 59.1 Å². The number of amides is 2. The number of carbonyl (C=O) groups excluding carboxylic acids is 2. The van der Waals surface area contributed by atoms with E-state index in [2.05, 4.69) is 0 Å². The Kier molecular flexibility index (Phi) is 5.11. The molecule has 1 aromatic carbocycles. The van der Waals surface area contributed by atoms with E-state index in [9.17, 15) is 9.59 Å². The van der Waals surface area contributed by atoms with Crippen molar-refractivity contribution in [2.45, 2.75) is 6.10 Å². The van der Waals surface area contributed by atoms with Crippen molar-refractivity contribution in [2.75, 3.05) is 32.8 Å². The van der Waals surface area contributed by atoms with E-state index in [1.165, 1.54) is 0 Å². The zero-order chi connectivity index (χ0) is 18.6. The number of rotatable bonds is 3. The van der Waals surface area contributed by atoms with E-state index in [0.717, 1.165) is 4.88 Å². The summed E-state index contributed by atoms with van der Waals surface area (Å²) in [6, 6.07) is 11.3. The smallest absolute Gasteiger partial charge is 0.267 e. The number of benzene rings is 1. The molecular formula is C20H20N2O4S. The van der Waals surface area contributed by atoms with E-state index in [4.69, 9.17) is 9.47 Å². The average Bonchev–Trinajstić information content (AvgIpc) is 3.25. The van der Waals surface area contributed by atoms with Crippen molar-refractivity contribution in [1.82, 2.24) is 9.80 Å². The summed E-state index contributed by atoms with van der Waals surface area (Å²) in [5.74, 6) is 1.14. The molecule has 2 aliphatic heterocycles. The molecule has 0 bridgehead atoms. The number of ether oxygens (including phenoxy) is 2. The van der Waals surface area contributed by atoms with Gasteiger partial charge in [-0.1, -0.05) is 18.2 Å². The molecule has 1 aromatic heterocycles. The standard InChI is InChI=1S/C20H20N2O4S/c23-19(8-7-15-4-3-13-27-15)21-9-11-22(12-10-21)20(24)18-14-25-16-5-1-2-6-17(16)26-18/h1-8,13,18H,9-12,14H2/b8-7+. The van der Waals surface area contributed by atoms with Crippen LogP contribution in [0.4, 0.5) is 0 Å². The first-order chi connectivity index (χ1) is 13.2. The molecule has 0 saturated carbocycles. The Morgan fingerprint density at radius 1 is 1.00 bits per heavy atom. The molecular weight excluding hydrogens is 364 g/mol. The molecule has 1 saturated heterocycles. The zero-order valence-corrected chi connectivity index (χ0v) is 15.6. The number of hydrogen-bond donors (Lipinski definition) is 0. The Morgan fingerprint density at radius 3 is 2.48 bits per heavy atom. The van der Waals surface area contributed by atoms with Crippen LogP contribution in [0, 0.1) is 0 Å². The summed E-state index contributed by atoms with van der Waals surface area (Å²) in [5, 5.41) is 1.98. The molecule has 7 heteroatoms. The third kappa shape index (κ3) is 3.98. The number of hydrogen-bond acceptors (Lipinski definition) is 5. The highest BCUT2D eigenvalue weighted by Crippen LogP contribution is 2.31. The van der Waals surface area contributed by atoms with Crippen molar-refractivity contribution in [3.63, 3.8) is 0 Å². The number of piperazine rings is 1. The number of carbonyl (C=O) groups is 2. The number of nitrogens with zero attached hydrogens (tertiary/aromatic N) is 2. The van der Waals surface area contributed by atoms with Gasteiger partial charge in [0.25, 0.3) is 5.91 Å². The van der Waals surface area contributed by atoms with Crippen LogP contribution in [0.2, 0.25) is 0 Å². The van der Waals surface area contributed by atoms with Gasteiger partial charge in [-0.2, -0.15) is 0 Å². The lowest BCUT2D eigenvalue weighted by Crippen LogP contribution is -2.54. The van der Waals surface area contributed by atoms with Crippen LogP contribution in [0.3, 0.4) is 0 Å². The lowest BCUT2D eigenvalue weighted by Gasteiger charge is -2.36. The fourth-order valence-electron chi connectivity index (χ4n) is 3.14. The summed E-state index contributed by atoms with van der Waals surface area (Å²) in [5.41, 5.74) is 0. The van der Waals surface area contributed by atoms with Crippen LogP contribution >= 0.6 is 11.3 Å². The van der Waals surface area contributed by atoms with Crippen LogP contribution in [-0.2, 0) is 9.59 Å². The molecule has 0 spiro atoms. The van der Waals surface area contributed by atoms with Gasteiger partial charge < -0.3 is 19.3 Å². The first-order valence-electron chi connectivity index (χ1n) is 8.88. The highest BCUT2D eigenvalue weighted by atomic mass is 32.1. The van der Waals surface area contributed by atoms with E-state index in [1.54, 1.807) is 33.3 Å². The quantitative estimate of drug-likeness (QED) is 0.762. The summed E-state index contributed by atoms with van der Waals surface area (Å²) in [4.78, 5) is 29.6. The molecule has 2 aliphatic rings. The Bertz CT molecular complexity index is 841. The molecule has 140 valence electrons. The maximum absolute atomic E-state index is 12.7. The molecule has 6 nitrogen and oxygen atoms in total. The first kappa shape index (κ1) is 17.6. The zero-order valence-electron chi connectivity index (χ0n) is 14.7. The Balaban J connectivity index is 1.30. The predicted molar refractivity (Wildman–Crippen MR) is 103 cm³/mol. The largest absolute Gasteiger partial charge is 0.485 e. The van der Waals surface area contributed by atoms with Crippen LogP contribution in [0.15, 0.2) is 47.9 Å². The SMILES string of the molecule is O=C(/C=C/c1cccs1)N1CCN(C(=O)C2COc3ccccc3O2)CC1. The second kappa shape index (κ2) is 7.84. The summed E-state index contributed by atoms with van der Waals surface area (Å²) in [6.45, 7) is 2.24. The van der Waals surface area contributed by atoms with Crippen molar-refractivity contribution >= 4 is 29.2 Å². The lowest BCUT2D eigenvalue weighted by atomic mass is 10.2. The summed E-state index contributed by atoms with van der Waals surface area (Å²) < 4.78 is 11.4. The fourth-order valence-corrected chi connectivity index (χ4v) is 3.76. The summed E-state index contributed by atoms with van der Waals surface area (Å²) >= 11 is 1.59. The fraction of sp³-hybridized carbons (Fsp3) is 0.300. The van der Waals surface area contributed by atoms with Gasteiger partial charge in [-0.05, 0) is 29.7 Å². The number of para-hydroxylation sites is 2. The Hall–Kier alpha value is -2.80. The molecule has 4 rings (SSSR count). The van der Waals surface area contributed by atoms with Gasteiger partial charge >= 0.3 is 0 Å². The van der Waals surface area contributed by atoms with Gasteiger partial charge in [0.2, 0.25) is 12.0 Å². The third-order valence-corrected chi connectivity index (χ3v) is 5.46. The van der Waals surface area contributed by atoms with E-state index >= 15 is 0 Å². The van der Waals surface area contributed by atoms with E-state index < -0.39 is 6.10 Å². The van der Waals surface area contributed by atoms with E-state index in [0.29, 0.717) is 37.7 Å². The molecule has 2 amide bonds. The second-order valence-corrected chi connectivity index (χ2v) is 7.34. The van der Waals surface area contributed by atoms with E-state index in [-0.39, 0.29) is 18.4 Å². The van der Waals surface area contributed by atoms with Crippen molar-refractivity contribution in [1.29, 1.82) is 0 Å². The summed E-state index contributed by atoms with van der Waals surface area (Å²) in [7, 11) is 0. The van der Waals surface area contributed by atoms with Crippen molar-refractivity contribution in [3.05, 3.63) is 52.7 Å². The molecule has 3 heterocycles. The minimum absolute atomic E-state index is 0.0262. The van der Waals surface area contributed by atoms with Crippen molar-refractivity contribution in [3.8, 4) is 11.5 Å². The van der Waals surface area contributed by atoms with Gasteiger partial charge in [0.15, 0.2) is 11.5 Å². The molecule has 0 radical (unpaired) electrons. The minimum atomic E-state index is -0.638. The minimum Gasteiger partial charge on any atom is -0.485 e. The number of thiophene rings is 1. The highest BCUT2D eigenvalue weighted by Gasteiger charge is 2.33. The van der Waals surface area contributed by atoms with Gasteiger partial charge in [0.1, 0.15) is 6.61 Å². The van der Waals surface area contributed by atoms with Crippen LogP contribution in [0.25, 0.3) is 6.08 Å². The van der Waals surface area contributed by atoms with Gasteiger partial charge in [-0.3, -0.25) is 9.59 Å².